The standard InChI is InChI=1S/C14H27NO/c1-2-12-8-9-15-13(11-12)5-3-6-14-7-4-10-16-14/h12-15H,2-11H2,1H3. The zero-order valence-corrected chi connectivity index (χ0v) is 10.7. The molecular formula is C14H27NO. The van der Waals surface area contributed by atoms with Crippen LogP contribution in [-0.2, 0) is 4.74 Å². The van der Waals surface area contributed by atoms with Gasteiger partial charge in [-0.1, -0.05) is 13.3 Å². The second kappa shape index (κ2) is 6.61. The first-order chi connectivity index (χ1) is 7.88. The first kappa shape index (κ1) is 12.4. The summed E-state index contributed by atoms with van der Waals surface area (Å²) in [5.74, 6) is 0.981. The number of rotatable bonds is 5. The molecule has 0 spiro atoms. The van der Waals surface area contributed by atoms with Crippen LogP contribution in [0.25, 0.3) is 0 Å². The highest BCUT2D eigenvalue weighted by molar-refractivity contribution is 4.78. The van der Waals surface area contributed by atoms with E-state index in [2.05, 4.69) is 12.2 Å². The summed E-state index contributed by atoms with van der Waals surface area (Å²) in [6, 6.07) is 0.792. The SMILES string of the molecule is CCC1CCNC(CCCC2CCCO2)C1. The van der Waals surface area contributed by atoms with Gasteiger partial charge in [0, 0.05) is 12.6 Å². The largest absolute Gasteiger partial charge is 0.378 e. The molecule has 2 aliphatic rings. The minimum Gasteiger partial charge on any atom is -0.378 e. The fourth-order valence-electron chi connectivity index (χ4n) is 3.15. The Balaban J connectivity index is 1.58. The third kappa shape index (κ3) is 3.74. The minimum atomic E-state index is 0.588. The molecule has 0 aromatic rings. The highest BCUT2D eigenvalue weighted by atomic mass is 16.5. The van der Waals surface area contributed by atoms with Gasteiger partial charge in [-0.2, -0.15) is 0 Å². The van der Waals surface area contributed by atoms with E-state index in [0.29, 0.717) is 6.10 Å². The highest BCUT2D eigenvalue weighted by Crippen LogP contribution is 2.23. The summed E-state index contributed by atoms with van der Waals surface area (Å²) in [6.45, 7) is 4.58. The fraction of sp³-hybridized carbons (Fsp3) is 1.00. The normalized spacial score (nSPS) is 35.4. The van der Waals surface area contributed by atoms with Crippen LogP contribution in [0.5, 0.6) is 0 Å². The van der Waals surface area contributed by atoms with Crippen LogP contribution < -0.4 is 5.32 Å². The molecule has 0 saturated carbocycles. The van der Waals surface area contributed by atoms with Gasteiger partial charge in [-0.15, -0.1) is 0 Å². The zero-order valence-electron chi connectivity index (χ0n) is 10.7. The van der Waals surface area contributed by atoms with Gasteiger partial charge >= 0.3 is 0 Å². The van der Waals surface area contributed by atoms with Crippen LogP contribution in [0.3, 0.4) is 0 Å². The van der Waals surface area contributed by atoms with E-state index in [-0.39, 0.29) is 0 Å². The lowest BCUT2D eigenvalue weighted by Crippen LogP contribution is -2.37. The Morgan fingerprint density at radius 2 is 2.19 bits per heavy atom. The van der Waals surface area contributed by atoms with Crippen LogP contribution in [0, 0.1) is 5.92 Å². The second-order valence-electron chi connectivity index (χ2n) is 5.52. The van der Waals surface area contributed by atoms with Gasteiger partial charge in [0.05, 0.1) is 6.10 Å². The number of hydrogen-bond acceptors (Lipinski definition) is 2. The van der Waals surface area contributed by atoms with Crippen molar-refractivity contribution in [1.29, 1.82) is 0 Å². The maximum absolute atomic E-state index is 5.66. The summed E-state index contributed by atoms with van der Waals surface area (Å²) in [7, 11) is 0. The molecule has 0 radical (unpaired) electrons. The van der Waals surface area contributed by atoms with Crippen molar-refractivity contribution in [3.8, 4) is 0 Å². The summed E-state index contributed by atoms with van der Waals surface area (Å²) in [5, 5.41) is 3.67. The Hall–Kier alpha value is -0.0800. The highest BCUT2D eigenvalue weighted by Gasteiger charge is 2.21. The van der Waals surface area contributed by atoms with Crippen molar-refractivity contribution in [2.45, 2.75) is 70.4 Å². The van der Waals surface area contributed by atoms with Gasteiger partial charge in [-0.05, 0) is 57.4 Å². The van der Waals surface area contributed by atoms with Gasteiger partial charge in [0.1, 0.15) is 0 Å². The summed E-state index contributed by atoms with van der Waals surface area (Å²) in [5.41, 5.74) is 0. The lowest BCUT2D eigenvalue weighted by molar-refractivity contribution is 0.100. The Bertz CT molecular complexity index is 189. The molecule has 3 atom stereocenters. The average Bonchev–Trinajstić information content (AvgIpc) is 2.82. The van der Waals surface area contributed by atoms with E-state index in [0.717, 1.165) is 18.6 Å². The van der Waals surface area contributed by atoms with Gasteiger partial charge in [-0.25, -0.2) is 0 Å². The van der Waals surface area contributed by atoms with E-state index >= 15 is 0 Å². The number of nitrogens with one attached hydrogen (secondary N) is 1. The summed E-state index contributed by atoms with van der Waals surface area (Å²) in [6.07, 6.45) is 11.3. The van der Waals surface area contributed by atoms with Crippen molar-refractivity contribution in [2.75, 3.05) is 13.2 Å². The predicted octanol–water partition coefficient (Wildman–Crippen LogP) is 3.11. The Labute approximate surface area is 100 Å². The summed E-state index contributed by atoms with van der Waals surface area (Å²) in [4.78, 5) is 0. The van der Waals surface area contributed by atoms with Crippen LogP contribution in [0.15, 0.2) is 0 Å². The van der Waals surface area contributed by atoms with E-state index in [9.17, 15) is 0 Å². The second-order valence-corrected chi connectivity index (χ2v) is 5.52. The number of ether oxygens (including phenoxy) is 1. The first-order valence-electron chi connectivity index (χ1n) is 7.23. The molecule has 94 valence electrons. The summed E-state index contributed by atoms with van der Waals surface area (Å²) < 4.78 is 5.66. The lowest BCUT2D eigenvalue weighted by Gasteiger charge is -2.30. The molecule has 2 aliphatic heterocycles. The quantitative estimate of drug-likeness (QED) is 0.776. The predicted molar refractivity (Wildman–Crippen MR) is 67.6 cm³/mol. The first-order valence-corrected chi connectivity index (χ1v) is 7.23. The maximum Gasteiger partial charge on any atom is 0.0576 e. The topological polar surface area (TPSA) is 21.3 Å². The van der Waals surface area contributed by atoms with E-state index in [4.69, 9.17) is 4.74 Å². The molecule has 2 saturated heterocycles. The Morgan fingerprint density at radius 3 is 2.94 bits per heavy atom. The van der Waals surface area contributed by atoms with Gasteiger partial charge in [-0.3, -0.25) is 0 Å². The van der Waals surface area contributed by atoms with Gasteiger partial charge < -0.3 is 10.1 Å². The molecule has 2 fully saturated rings. The van der Waals surface area contributed by atoms with Crippen molar-refractivity contribution in [2.24, 2.45) is 5.92 Å². The van der Waals surface area contributed by atoms with Crippen molar-refractivity contribution in [3.05, 3.63) is 0 Å². The van der Waals surface area contributed by atoms with Gasteiger partial charge in [0.25, 0.3) is 0 Å². The van der Waals surface area contributed by atoms with Crippen molar-refractivity contribution < 1.29 is 4.74 Å². The van der Waals surface area contributed by atoms with E-state index in [1.807, 2.05) is 0 Å². The van der Waals surface area contributed by atoms with Crippen molar-refractivity contribution in [1.82, 2.24) is 5.32 Å². The van der Waals surface area contributed by atoms with Crippen LogP contribution in [0.1, 0.15) is 58.3 Å². The van der Waals surface area contributed by atoms with Gasteiger partial charge in [0.15, 0.2) is 0 Å². The van der Waals surface area contributed by atoms with Crippen LogP contribution >= 0.6 is 0 Å². The lowest BCUT2D eigenvalue weighted by atomic mass is 9.88. The molecule has 0 bridgehead atoms. The zero-order chi connectivity index (χ0) is 11.2. The van der Waals surface area contributed by atoms with Crippen LogP contribution in [-0.4, -0.2) is 25.3 Å². The maximum atomic E-state index is 5.66. The fourth-order valence-corrected chi connectivity index (χ4v) is 3.15. The van der Waals surface area contributed by atoms with Crippen molar-refractivity contribution in [3.63, 3.8) is 0 Å². The molecule has 0 amide bonds. The van der Waals surface area contributed by atoms with Crippen LogP contribution in [0.2, 0.25) is 0 Å². The molecule has 3 unspecified atom stereocenters. The summed E-state index contributed by atoms with van der Waals surface area (Å²) >= 11 is 0. The molecule has 1 N–H and O–H groups in total. The third-order valence-electron chi connectivity index (χ3n) is 4.28. The van der Waals surface area contributed by atoms with Crippen molar-refractivity contribution >= 4 is 0 Å². The average molecular weight is 225 g/mol. The molecule has 16 heavy (non-hydrogen) atoms. The number of piperidine rings is 1. The molecule has 0 aliphatic carbocycles. The molecular weight excluding hydrogens is 198 g/mol. The smallest absolute Gasteiger partial charge is 0.0576 e. The van der Waals surface area contributed by atoms with E-state index < -0.39 is 0 Å². The molecule has 2 nitrogen and oxygen atoms in total. The molecule has 0 aromatic carbocycles. The monoisotopic (exact) mass is 225 g/mol. The van der Waals surface area contributed by atoms with E-state index in [1.165, 1.54) is 57.9 Å². The third-order valence-corrected chi connectivity index (χ3v) is 4.28. The van der Waals surface area contributed by atoms with Crippen LogP contribution in [0.4, 0.5) is 0 Å². The molecule has 2 heterocycles. The Morgan fingerprint density at radius 1 is 1.25 bits per heavy atom. The molecule has 0 aromatic heterocycles. The Kier molecular flexibility index (Phi) is 5.11. The molecule has 2 rings (SSSR count). The van der Waals surface area contributed by atoms with E-state index in [1.54, 1.807) is 0 Å². The van der Waals surface area contributed by atoms with Gasteiger partial charge in [0.2, 0.25) is 0 Å². The number of hydrogen-bond donors (Lipinski definition) is 1. The minimum absolute atomic E-state index is 0.588. The molecule has 2 heteroatoms.